The first-order valence-electron chi connectivity index (χ1n) is 11.6. The molecule has 198 valence electrons. The van der Waals surface area contributed by atoms with Crippen LogP contribution < -0.4 is 20.3 Å². The molecular weight excluding hydrogens is 496 g/mol. The Kier molecular flexibility index (Phi) is 8.12. The summed E-state index contributed by atoms with van der Waals surface area (Å²) in [4.78, 5) is 24.7. The van der Waals surface area contributed by atoms with E-state index in [0.29, 0.717) is 41.4 Å². The molecule has 38 heavy (non-hydrogen) atoms. The van der Waals surface area contributed by atoms with Gasteiger partial charge < -0.3 is 29.7 Å². The number of hydrogen-bond donors (Lipinski definition) is 2. The second kappa shape index (κ2) is 11.6. The third-order valence-electron chi connectivity index (χ3n) is 5.57. The molecule has 0 spiro atoms. The molecule has 2 aromatic heterocycles. The number of alkyl halides is 2. The van der Waals surface area contributed by atoms with Crippen molar-refractivity contribution in [3.8, 4) is 17.1 Å². The molecule has 0 fully saturated rings. The molecule has 0 atom stereocenters. The molecular formula is C26H27F2N7O3. The van der Waals surface area contributed by atoms with Crippen LogP contribution in [0.4, 0.5) is 31.8 Å². The summed E-state index contributed by atoms with van der Waals surface area (Å²) in [7, 11) is 5.63. The zero-order valence-corrected chi connectivity index (χ0v) is 21.1. The third-order valence-corrected chi connectivity index (χ3v) is 5.57. The molecule has 1 amide bonds. The number of nitrogens with one attached hydrogen (secondary N) is 2. The quantitative estimate of drug-likeness (QED) is 0.269. The van der Waals surface area contributed by atoms with Gasteiger partial charge in [-0.05, 0) is 44.4 Å². The summed E-state index contributed by atoms with van der Waals surface area (Å²) in [6.07, 6.45) is 2.63. The first kappa shape index (κ1) is 26.5. The molecule has 0 unspecified atom stereocenters. The van der Waals surface area contributed by atoms with Crippen LogP contribution in [0.15, 0.2) is 65.8 Å². The molecule has 0 aliphatic heterocycles. The number of para-hydroxylation sites is 1. The lowest BCUT2D eigenvalue weighted by Crippen LogP contribution is -2.29. The number of hydrogen-bond acceptors (Lipinski definition) is 9. The average molecular weight is 524 g/mol. The Labute approximate surface area is 217 Å². The summed E-state index contributed by atoms with van der Waals surface area (Å²) in [5.74, 6) is -0.510. The maximum absolute atomic E-state index is 13.4. The smallest absolute Gasteiger partial charge is 0.387 e. The number of halogens is 2. The molecule has 0 radical (unpaired) electrons. The number of anilines is 4. The average Bonchev–Trinajstić information content (AvgIpc) is 3.32. The molecule has 4 aromatic rings. The van der Waals surface area contributed by atoms with E-state index >= 15 is 0 Å². The van der Waals surface area contributed by atoms with Crippen molar-refractivity contribution in [1.29, 1.82) is 0 Å². The van der Waals surface area contributed by atoms with E-state index in [9.17, 15) is 13.6 Å². The van der Waals surface area contributed by atoms with Crippen LogP contribution in [-0.2, 0) is 4.79 Å². The molecule has 2 N–H and O–H groups in total. The molecule has 10 nitrogen and oxygen atoms in total. The Bertz CT molecular complexity index is 1440. The summed E-state index contributed by atoms with van der Waals surface area (Å²) in [6, 6.07) is 11.9. The number of amides is 1. The van der Waals surface area contributed by atoms with Gasteiger partial charge in [0.15, 0.2) is 11.3 Å². The molecule has 0 bridgehead atoms. The normalized spacial score (nSPS) is 11.1. The molecule has 0 saturated heterocycles. The second-order valence-corrected chi connectivity index (χ2v) is 8.58. The molecule has 0 saturated carbocycles. The van der Waals surface area contributed by atoms with Crippen LogP contribution in [0, 0.1) is 0 Å². The maximum atomic E-state index is 13.4. The molecule has 4 rings (SSSR count). The van der Waals surface area contributed by atoms with Gasteiger partial charge in [-0.25, -0.2) is 9.97 Å². The van der Waals surface area contributed by atoms with Crippen molar-refractivity contribution in [1.82, 2.24) is 20.0 Å². The second-order valence-electron chi connectivity index (χ2n) is 8.58. The van der Waals surface area contributed by atoms with Gasteiger partial charge in [-0.15, -0.1) is 0 Å². The number of carbonyl (C=O) groups is 1. The number of nitrogens with zero attached hydrogens (tertiary/aromatic N) is 5. The van der Waals surface area contributed by atoms with Crippen LogP contribution in [-0.4, -0.2) is 66.8 Å². The SMILES string of the molecule is C=CC(=O)Nc1cc(Nc2nccc(-c3noc4ccccc34)n2)c(OC(F)F)cc1N(C)CCN(C)C. The van der Waals surface area contributed by atoms with Crippen molar-refractivity contribution in [3.05, 3.63) is 61.3 Å². The fraction of sp³-hybridized carbons (Fsp3) is 0.231. The zero-order valence-electron chi connectivity index (χ0n) is 21.1. The van der Waals surface area contributed by atoms with Crippen LogP contribution in [0.25, 0.3) is 22.4 Å². The van der Waals surface area contributed by atoms with Crippen LogP contribution in [0.3, 0.4) is 0 Å². The van der Waals surface area contributed by atoms with Gasteiger partial charge in [-0.1, -0.05) is 23.9 Å². The lowest BCUT2D eigenvalue weighted by Gasteiger charge is -2.26. The van der Waals surface area contributed by atoms with Crippen LogP contribution in [0.2, 0.25) is 0 Å². The van der Waals surface area contributed by atoms with Crippen molar-refractivity contribution in [2.45, 2.75) is 6.61 Å². The molecule has 12 heteroatoms. The van der Waals surface area contributed by atoms with Gasteiger partial charge in [0.1, 0.15) is 5.69 Å². The first-order valence-corrected chi connectivity index (χ1v) is 11.6. The lowest BCUT2D eigenvalue weighted by molar-refractivity contribution is -0.111. The Morgan fingerprint density at radius 1 is 1.16 bits per heavy atom. The van der Waals surface area contributed by atoms with E-state index < -0.39 is 12.5 Å². The van der Waals surface area contributed by atoms with Gasteiger partial charge in [0.25, 0.3) is 0 Å². The van der Waals surface area contributed by atoms with Crippen molar-refractivity contribution < 1.29 is 22.8 Å². The highest BCUT2D eigenvalue weighted by molar-refractivity contribution is 6.02. The molecule has 2 aromatic carbocycles. The van der Waals surface area contributed by atoms with Crippen molar-refractivity contribution in [2.24, 2.45) is 0 Å². The minimum absolute atomic E-state index is 0.100. The molecule has 0 aliphatic carbocycles. The van der Waals surface area contributed by atoms with Gasteiger partial charge in [-0.3, -0.25) is 4.79 Å². The largest absolute Gasteiger partial charge is 0.433 e. The summed E-state index contributed by atoms with van der Waals surface area (Å²) in [5.41, 5.74) is 2.53. The number of likely N-dealkylation sites (N-methyl/N-ethyl adjacent to an activating group) is 2. The number of fused-ring (bicyclic) bond motifs is 1. The monoisotopic (exact) mass is 523 g/mol. The number of carbonyl (C=O) groups excluding carboxylic acids is 1. The van der Waals surface area contributed by atoms with Gasteiger partial charge in [0.05, 0.1) is 28.1 Å². The lowest BCUT2D eigenvalue weighted by atomic mass is 10.1. The van der Waals surface area contributed by atoms with Crippen molar-refractivity contribution in [3.63, 3.8) is 0 Å². The Morgan fingerprint density at radius 3 is 2.68 bits per heavy atom. The maximum Gasteiger partial charge on any atom is 0.387 e. The highest BCUT2D eigenvalue weighted by atomic mass is 19.3. The first-order chi connectivity index (χ1) is 18.2. The number of ether oxygens (including phenoxy) is 1. The number of benzene rings is 2. The topological polar surface area (TPSA) is 109 Å². The van der Waals surface area contributed by atoms with E-state index in [1.807, 2.05) is 42.1 Å². The van der Waals surface area contributed by atoms with Crippen molar-refractivity contribution >= 4 is 39.9 Å². The minimum Gasteiger partial charge on any atom is -0.433 e. The van der Waals surface area contributed by atoms with Crippen LogP contribution >= 0.6 is 0 Å². The van der Waals surface area contributed by atoms with E-state index in [1.54, 1.807) is 19.2 Å². The minimum atomic E-state index is -3.09. The predicted molar refractivity (Wildman–Crippen MR) is 142 cm³/mol. The standard InChI is InChI=1S/C26H27F2N7O3/c1-5-23(36)30-18-14-19(22(37-25(27)28)15-20(18)35(4)13-12-34(2)3)32-26-29-11-10-17(31-26)24-16-8-6-7-9-21(16)38-33-24/h5-11,14-15,25H,1,12-13H2,2-4H3,(H,30,36)(H,29,31,32). The van der Waals surface area contributed by atoms with E-state index in [4.69, 9.17) is 9.26 Å². The molecule has 2 heterocycles. The Morgan fingerprint density at radius 2 is 1.95 bits per heavy atom. The van der Waals surface area contributed by atoms with E-state index in [1.165, 1.54) is 18.3 Å². The van der Waals surface area contributed by atoms with Gasteiger partial charge in [0, 0.05) is 32.4 Å². The Balaban J connectivity index is 1.73. The highest BCUT2D eigenvalue weighted by Gasteiger charge is 2.20. The fourth-order valence-corrected chi connectivity index (χ4v) is 3.67. The summed E-state index contributed by atoms with van der Waals surface area (Å²) in [5, 5.41) is 10.5. The zero-order chi connectivity index (χ0) is 27.2. The van der Waals surface area contributed by atoms with E-state index in [-0.39, 0.29) is 17.4 Å². The number of aromatic nitrogens is 3. The summed E-state index contributed by atoms with van der Waals surface area (Å²) >= 11 is 0. The number of rotatable bonds is 11. The summed E-state index contributed by atoms with van der Waals surface area (Å²) in [6.45, 7) is 1.65. The van der Waals surface area contributed by atoms with E-state index in [2.05, 4.69) is 32.3 Å². The fourth-order valence-electron chi connectivity index (χ4n) is 3.67. The van der Waals surface area contributed by atoms with E-state index in [0.717, 1.165) is 11.5 Å². The van der Waals surface area contributed by atoms with Gasteiger partial charge in [0.2, 0.25) is 11.9 Å². The third kappa shape index (κ3) is 6.21. The van der Waals surface area contributed by atoms with Crippen LogP contribution in [0.1, 0.15) is 0 Å². The predicted octanol–water partition coefficient (Wildman–Crippen LogP) is 4.75. The van der Waals surface area contributed by atoms with Gasteiger partial charge >= 0.3 is 6.61 Å². The molecule has 0 aliphatic rings. The summed E-state index contributed by atoms with van der Waals surface area (Å²) < 4.78 is 37.0. The highest BCUT2D eigenvalue weighted by Crippen LogP contribution is 2.39. The Hall–Kier alpha value is -4.58. The van der Waals surface area contributed by atoms with Gasteiger partial charge in [-0.2, -0.15) is 8.78 Å². The van der Waals surface area contributed by atoms with Crippen LogP contribution in [0.5, 0.6) is 5.75 Å². The van der Waals surface area contributed by atoms with Crippen molar-refractivity contribution in [2.75, 3.05) is 49.8 Å².